The maximum Gasteiger partial charge on any atom is 0.170 e. The van der Waals surface area contributed by atoms with Gasteiger partial charge in [0.25, 0.3) is 0 Å². The van der Waals surface area contributed by atoms with Crippen molar-refractivity contribution in [3.63, 3.8) is 0 Å². The minimum atomic E-state index is -0.0135. The summed E-state index contributed by atoms with van der Waals surface area (Å²) in [6.07, 6.45) is 3.87. The molecular weight excluding hydrogens is 296 g/mol. The van der Waals surface area contributed by atoms with Crippen LogP contribution in [0.1, 0.15) is 30.4 Å². The highest BCUT2D eigenvalue weighted by atomic mass is 32.1. The highest BCUT2D eigenvalue weighted by Gasteiger charge is 2.40. The van der Waals surface area contributed by atoms with Crippen LogP contribution in [0.4, 0.5) is 0 Å². The zero-order valence-corrected chi connectivity index (χ0v) is 13.3. The lowest BCUT2D eigenvalue weighted by molar-refractivity contribution is 0.219. The maximum absolute atomic E-state index is 9.39. The number of nitrogens with one attached hydrogen (secondary N) is 1. The highest BCUT2D eigenvalue weighted by molar-refractivity contribution is 7.80. The Morgan fingerprint density at radius 3 is 2.86 bits per heavy atom. The number of aromatic nitrogens is 2. The van der Waals surface area contributed by atoms with Gasteiger partial charge in [-0.15, -0.1) is 0 Å². The molecule has 3 heterocycles. The first kappa shape index (κ1) is 15.0. The van der Waals surface area contributed by atoms with Crippen molar-refractivity contribution in [2.45, 2.75) is 25.6 Å². The molecule has 1 aliphatic rings. The Morgan fingerprint density at radius 1 is 1.32 bits per heavy atom. The third-order valence-corrected chi connectivity index (χ3v) is 4.40. The first-order valence-electron chi connectivity index (χ1n) is 7.50. The van der Waals surface area contributed by atoms with E-state index in [0.29, 0.717) is 11.7 Å². The van der Waals surface area contributed by atoms with Gasteiger partial charge in [0.15, 0.2) is 5.11 Å². The molecule has 2 atom stereocenters. The van der Waals surface area contributed by atoms with Gasteiger partial charge in [-0.25, -0.2) is 0 Å². The van der Waals surface area contributed by atoms with Crippen LogP contribution in [-0.4, -0.2) is 37.8 Å². The molecule has 1 fully saturated rings. The van der Waals surface area contributed by atoms with Crippen molar-refractivity contribution in [3.05, 3.63) is 54.1 Å². The number of hydrogen-bond acceptors (Lipinski definition) is 3. The Bertz CT molecular complexity index is 643. The van der Waals surface area contributed by atoms with Gasteiger partial charge in [-0.05, 0) is 43.4 Å². The topological polar surface area (TPSA) is 53.3 Å². The van der Waals surface area contributed by atoms with Crippen LogP contribution >= 0.6 is 12.2 Å². The van der Waals surface area contributed by atoms with Gasteiger partial charge in [-0.2, -0.15) is 0 Å². The Hall–Kier alpha value is -1.92. The van der Waals surface area contributed by atoms with E-state index in [0.717, 1.165) is 12.2 Å². The van der Waals surface area contributed by atoms with Gasteiger partial charge in [0.2, 0.25) is 0 Å². The highest BCUT2D eigenvalue weighted by Crippen LogP contribution is 2.38. The van der Waals surface area contributed by atoms with E-state index in [4.69, 9.17) is 12.2 Å². The van der Waals surface area contributed by atoms with Crippen molar-refractivity contribution in [2.24, 2.45) is 0 Å². The van der Waals surface area contributed by atoms with E-state index in [-0.39, 0.29) is 18.7 Å². The summed E-state index contributed by atoms with van der Waals surface area (Å²) in [4.78, 5) is 6.54. The second kappa shape index (κ2) is 6.46. The Balaban J connectivity index is 2.03. The first-order chi connectivity index (χ1) is 10.8. The first-order valence-corrected chi connectivity index (χ1v) is 7.91. The zero-order chi connectivity index (χ0) is 15.5. The van der Waals surface area contributed by atoms with E-state index in [1.807, 2.05) is 24.3 Å². The number of thiocarbonyl (C=S) groups is 1. The van der Waals surface area contributed by atoms with E-state index in [9.17, 15) is 5.11 Å². The van der Waals surface area contributed by atoms with E-state index in [1.165, 1.54) is 5.69 Å². The molecular formula is C16H20N4OS. The predicted molar refractivity (Wildman–Crippen MR) is 89.4 cm³/mol. The second-order valence-corrected chi connectivity index (χ2v) is 5.65. The zero-order valence-electron chi connectivity index (χ0n) is 12.5. The van der Waals surface area contributed by atoms with E-state index in [2.05, 4.69) is 39.0 Å². The number of pyridine rings is 1. The van der Waals surface area contributed by atoms with Crippen molar-refractivity contribution in [3.8, 4) is 0 Å². The van der Waals surface area contributed by atoms with Crippen molar-refractivity contribution in [2.75, 3.05) is 13.2 Å². The summed E-state index contributed by atoms with van der Waals surface area (Å²) >= 11 is 5.48. The molecule has 2 aromatic rings. The summed E-state index contributed by atoms with van der Waals surface area (Å²) in [6, 6.07) is 10.1. The van der Waals surface area contributed by atoms with Crippen LogP contribution in [0.5, 0.6) is 0 Å². The molecule has 1 aliphatic heterocycles. The van der Waals surface area contributed by atoms with Gasteiger partial charge >= 0.3 is 0 Å². The number of aliphatic hydroxyl groups is 1. The number of aryl methyl sites for hydroxylation is 1. The molecule has 0 spiro atoms. The summed E-state index contributed by atoms with van der Waals surface area (Å²) < 4.78 is 2.21. The SMILES string of the molecule is CCn1cccc1[C@@H]1[C@@H](c2ccccn2)NC(=S)N1CCO. The molecule has 3 rings (SSSR count). The van der Waals surface area contributed by atoms with E-state index >= 15 is 0 Å². The summed E-state index contributed by atoms with van der Waals surface area (Å²) in [5.74, 6) is 0. The average molecular weight is 316 g/mol. The Kier molecular flexibility index (Phi) is 4.40. The number of rotatable bonds is 5. The molecule has 0 bridgehead atoms. The van der Waals surface area contributed by atoms with E-state index < -0.39 is 0 Å². The summed E-state index contributed by atoms with van der Waals surface area (Å²) in [5.41, 5.74) is 2.14. The second-order valence-electron chi connectivity index (χ2n) is 5.26. The summed E-state index contributed by atoms with van der Waals surface area (Å²) in [7, 11) is 0. The van der Waals surface area contributed by atoms with Crippen molar-refractivity contribution < 1.29 is 5.11 Å². The normalized spacial score (nSPS) is 21.2. The molecule has 0 radical (unpaired) electrons. The molecule has 2 N–H and O–H groups in total. The minimum Gasteiger partial charge on any atom is -0.395 e. The Labute approximate surface area is 135 Å². The standard InChI is InChI=1S/C16H20N4OS/c1-2-19-9-5-7-13(19)15-14(12-6-3-4-8-17-12)18-16(22)20(15)10-11-21/h3-9,14-15,21H,2,10-11H2,1H3,(H,18,22)/t14-,15-/m1/s1. The van der Waals surface area contributed by atoms with Crippen molar-refractivity contribution in [1.29, 1.82) is 0 Å². The number of β-amino-alcohol motifs (C(OH)–C–C–N with tert-alkyl or cyclic N) is 1. The fraction of sp³-hybridized carbons (Fsp3) is 0.375. The van der Waals surface area contributed by atoms with Crippen LogP contribution < -0.4 is 5.32 Å². The van der Waals surface area contributed by atoms with Gasteiger partial charge in [-0.1, -0.05) is 6.07 Å². The lowest BCUT2D eigenvalue weighted by atomic mass is 10.0. The summed E-state index contributed by atoms with van der Waals surface area (Å²) in [6.45, 7) is 3.60. The predicted octanol–water partition coefficient (Wildman–Crippen LogP) is 1.87. The molecule has 0 saturated carbocycles. The third kappa shape index (κ3) is 2.60. The molecule has 0 aliphatic carbocycles. The van der Waals surface area contributed by atoms with Crippen LogP contribution in [0.25, 0.3) is 0 Å². The molecule has 0 unspecified atom stereocenters. The lowest BCUT2D eigenvalue weighted by Gasteiger charge is -2.28. The largest absolute Gasteiger partial charge is 0.395 e. The van der Waals surface area contributed by atoms with Crippen molar-refractivity contribution in [1.82, 2.24) is 19.8 Å². The summed E-state index contributed by atoms with van der Waals surface area (Å²) in [5, 5.41) is 13.4. The molecule has 6 heteroatoms. The monoisotopic (exact) mass is 316 g/mol. The lowest BCUT2D eigenvalue weighted by Crippen LogP contribution is -2.33. The van der Waals surface area contributed by atoms with Gasteiger partial charge in [0, 0.05) is 31.2 Å². The number of aliphatic hydroxyl groups excluding tert-OH is 1. The molecule has 0 amide bonds. The van der Waals surface area contributed by atoms with Crippen LogP contribution in [0.3, 0.4) is 0 Å². The molecule has 1 saturated heterocycles. The van der Waals surface area contributed by atoms with Crippen molar-refractivity contribution >= 4 is 17.3 Å². The van der Waals surface area contributed by atoms with Gasteiger partial charge in [0.1, 0.15) is 0 Å². The molecule has 2 aromatic heterocycles. The molecule has 22 heavy (non-hydrogen) atoms. The molecule has 0 aromatic carbocycles. The van der Waals surface area contributed by atoms with Gasteiger partial charge in [0.05, 0.1) is 24.4 Å². The quantitative estimate of drug-likeness (QED) is 0.825. The minimum absolute atomic E-state index is 0.0135. The van der Waals surface area contributed by atoms with Gasteiger partial charge < -0.3 is 19.9 Å². The van der Waals surface area contributed by atoms with Crippen LogP contribution in [0.2, 0.25) is 0 Å². The third-order valence-electron chi connectivity index (χ3n) is 4.05. The van der Waals surface area contributed by atoms with Gasteiger partial charge in [-0.3, -0.25) is 4.98 Å². The molecule has 5 nitrogen and oxygen atoms in total. The fourth-order valence-electron chi connectivity index (χ4n) is 3.06. The Morgan fingerprint density at radius 2 is 2.18 bits per heavy atom. The smallest absolute Gasteiger partial charge is 0.170 e. The maximum atomic E-state index is 9.39. The fourth-order valence-corrected chi connectivity index (χ4v) is 3.39. The molecule has 116 valence electrons. The van der Waals surface area contributed by atoms with E-state index in [1.54, 1.807) is 6.20 Å². The van der Waals surface area contributed by atoms with Crippen LogP contribution in [0.15, 0.2) is 42.7 Å². The van der Waals surface area contributed by atoms with Crippen LogP contribution in [0, 0.1) is 0 Å². The number of hydrogen-bond donors (Lipinski definition) is 2. The number of nitrogens with zero attached hydrogens (tertiary/aromatic N) is 3. The average Bonchev–Trinajstić information content (AvgIpc) is 3.13. The van der Waals surface area contributed by atoms with Crippen LogP contribution in [-0.2, 0) is 6.54 Å².